The number of carbonyl (C=O) groups excluding carboxylic acids is 1. The molecule has 4 rings (SSSR count). The molecule has 1 saturated heterocycles. The first-order chi connectivity index (χ1) is 14.5. The van der Waals surface area contributed by atoms with E-state index in [1.165, 1.54) is 12.8 Å². The Bertz CT molecular complexity index is 879. The highest BCUT2D eigenvalue weighted by Gasteiger charge is 2.33. The quantitative estimate of drug-likeness (QED) is 0.633. The summed E-state index contributed by atoms with van der Waals surface area (Å²) in [6, 6.07) is 14.5. The number of nitrogens with zero attached hydrogens (tertiary/aromatic N) is 2. The number of methoxy groups -OCH3 is 1. The second-order valence-electron chi connectivity index (χ2n) is 8.18. The second kappa shape index (κ2) is 9.21. The highest BCUT2D eigenvalue weighted by Crippen LogP contribution is 2.43. The molecule has 0 bridgehead atoms. The largest absolute Gasteiger partial charge is 0.493 e. The molecule has 1 atom stereocenters. The zero-order valence-corrected chi connectivity index (χ0v) is 18.8. The summed E-state index contributed by atoms with van der Waals surface area (Å²) in [7, 11) is 5.73. The minimum absolute atomic E-state index is 0.0112. The first kappa shape index (κ1) is 20.9. The highest BCUT2D eigenvalue weighted by molar-refractivity contribution is 8.00. The van der Waals surface area contributed by atoms with Crippen LogP contribution in [0.1, 0.15) is 42.2 Å². The van der Waals surface area contributed by atoms with Gasteiger partial charge in [-0.2, -0.15) is 0 Å². The summed E-state index contributed by atoms with van der Waals surface area (Å²) < 4.78 is 11.8. The van der Waals surface area contributed by atoms with Gasteiger partial charge in [0.2, 0.25) is 5.91 Å². The van der Waals surface area contributed by atoms with E-state index >= 15 is 0 Å². The Hall–Kier alpha value is -2.34. The third-order valence-electron chi connectivity index (χ3n) is 5.84. The van der Waals surface area contributed by atoms with Crippen LogP contribution in [0.3, 0.4) is 0 Å². The summed E-state index contributed by atoms with van der Waals surface area (Å²) in [4.78, 5) is 16.7. The fraction of sp³-hybridized carbons (Fsp3) is 0.458. The molecule has 2 fully saturated rings. The molecule has 2 aromatic rings. The van der Waals surface area contributed by atoms with E-state index in [1.54, 1.807) is 18.9 Å². The van der Waals surface area contributed by atoms with E-state index in [4.69, 9.17) is 9.47 Å². The van der Waals surface area contributed by atoms with Gasteiger partial charge in [0.15, 0.2) is 11.5 Å². The number of anilines is 1. The summed E-state index contributed by atoms with van der Waals surface area (Å²) >= 11 is 1.68. The molecule has 1 heterocycles. The van der Waals surface area contributed by atoms with Gasteiger partial charge >= 0.3 is 0 Å². The van der Waals surface area contributed by atoms with Crippen molar-refractivity contribution in [2.75, 3.05) is 31.9 Å². The van der Waals surface area contributed by atoms with Gasteiger partial charge in [0, 0.05) is 26.3 Å². The fourth-order valence-corrected chi connectivity index (χ4v) is 5.30. The molecule has 2 aromatic carbocycles. The van der Waals surface area contributed by atoms with Crippen molar-refractivity contribution in [3.05, 3.63) is 53.6 Å². The van der Waals surface area contributed by atoms with Crippen LogP contribution in [-0.2, 0) is 11.3 Å². The van der Waals surface area contributed by atoms with E-state index in [0.29, 0.717) is 12.3 Å². The van der Waals surface area contributed by atoms with E-state index in [9.17, 15) is 4.79 Å². The van der Waals surface area contributed by atoms with E-state index in [2.05, 4.69) is 41.3 Å². The normalized spacial score (nSPS) is 19.4. The molecule has 1 unspecified atom stereocenters. The Morgan fingerprint density at radius 1 is 1.07 bits per heavy atom. The molecule has 30 heavy (non-hydrogen) atoms. The monoisotopic (exact) mass is 426 g/mol. The molecular weight excluding hydrogens is 396 g/mol. The van der Waals surface area contributed by atoms with Gasteiger partial charge in [0.1, 0.15) is 5.37 Å². The highest BCUT2D eigenvalue weighted by atomic mass is 32.2. The van der Waals surface area contributed by atoms with E-state index in [1.807, 2.05) is 25.1 Å². The molecule has 1 amide bonds. The van der Waals surface area contributed by atoms with E-state index in [-0.39, 0.29) is 17.4 Å². The van der Waals surface area contributed by atoms with Crippen LogP contribution in [0.5, 0.6) is 11.5 Å². The lowest BCUT2D eigenvalue weighted by Crippen LogP contribution is -2.27. The second-order valence-corrected chi connectivity index (χ2v) is 9.25. The van der Waals surface area contributed by atoms with Crippen LogP contribution < -0.4 is 14.4 Å². The van der Waals surface area contributed by atoms with Crippen LogP contribution in [0.2, 0.25) is 0 Å². The lowest BCUT2D eigenvalue weighted by Gasteiger charge is -2.26. The minimum Gasteiger partial charge on any atom is -0.493 e. The average Bonchev–Trinajstić information content (AvgIpc) is 3.39. The number of benzene rings is 2. The van der Waals surface area contributed by atoms with Crippen LogP contribution in [0, 0.1) is 0 Å². The maximum absolute atomic E-state index is 12.7. The van der Waals surface area contributed by atoms with Crippen molar-refractivity contribution in [1.82, 2.24) is 4.90 Å². The number of hydrogen-bond acceptors (Lipinski definition) is 5. The lowest BCUT2D eigenvalue weighted by atomic mass is 10.1. The third kappa shape index (κ3) is 4.53. The smallest absolute Gasteiger partial charge is 0.234 e. The third-order valence-corrected chi connectivity index (χ3v) is 7.10. The molecule has 2 aliphatic rings. The van der Waals surface area contributed by atoms with Crippen LogP contribution in [0.15, 0.2) is 42.5 Å². The first-order valence-corrected chi connectivity index (χ1v) is 11.6. The van der Waals surface area contributed by atoms with Crippen molar-refractivity contribution < 1.29 is 14.3 Å². The maximum Gasteiger partial charge on any atom is 0.234 e. The van der Waals surface area contributed by atoms with Crippen LogP contribution in [-0.4, -0.2) is 43.9 Å². The van der Waals surface area contributed by atoms with Crippen molar-refractivity contribution in [3.8, 4) is 11.5 Å². The van der Waals surface area contributed by atoms with Gasteiger partial charge in [-0.05, 0) is 61.1 Å². The zero-order valence-electron chi connectivity index (χ0n) is 18.0. The molecule has 0 N–H and O–H groups in total. The Kier molecular flexibility index (Phi) is 6.42. The van der Waals surface area contributed by atoms with Crippen molar-refractivity contribution in [2.45, 2.75) is 43.7 Å². The Balaban J connectivity index is 1.54. The molecule has 0 spiro atoms. The Morgan fingerprint density at radius 2 is 1.80 bits per heavy atom. The van der Waals surface area contributed by atoms with Crippen LogP contribution in [0.25, 0.3) is 0 Å². The van der Waals surface area contributed by atoms with Gasteiger partial charge in [0.25, 0.3) is 0 Å². The van der Waals surface area contributed by atoms with Crippen molar-refractivity contribution in [3.63, 3.8) is 0 Å². The predicted molar refractivity (Wildman–Crippen MR) is 122 cm³/mol. The molecule has 5 nitrogen and oxygen atoms in total. The molecule has 0 aromatic heterocycles. The van der Waals surface area contributed by atoms with Crippen molar-refractivity contribution in [2.24, 2.45) is 0 Å². The van der Waals surface area contributed by atoms with Gasteiger partial charge < -0.3 is 19.3 Å². The van der Waals surface area contributed by atoms with E-state index in [0.717, 1.165) is 41.2 Å². The van der Waals surface area contributed by atoms with Gasteiger partial charge in [0.05, 0.1) is 19.0 Å². The number of rotatable bonds is 7. The minimum atomic E-state index is -0.0112. The number of ether oxygens (including phenoxy) is 2. The molecule has 160 valence electrons. The number of thioether (sulfide) groups is 1. The molecule has 6 heteroatoms. The summed E-state index contributed by atoms with van der Waals surface area (Å²) in [6.07, 6.45) is 4.90. The number of hydrogen-bond donors (Lipinski definition) is 0. The maximum atomic E-state index is 12.7. The van der Waals surface area contributed by atoms with Gasteiger partial charge in [-0.15, -0.1) is 11.8 Å². The summed E-state index contributed by atoms with van der Waals surface area (Å²) in [5.41, 5.74) is 3.38. The van der Waals surface area contributed by atoms with Crippen LogP contribution in [0.4, 0.5) is 5.69 Å². The standard InChI is InChI=1S/C24H30N2O3S/c1-25(2)19-11-8-17(9-12-19)15-26-23(27)16-30-24(26)18-10-13-21(28-3)22(14-18)29-20-6-4-5-7-20/h8-14,20,24H,4-7,15-16H2,1-3H3. The predicted octanol–water partition coefficient (Wildman–Crippen LogP) is 4.86. The summed E-state index contributed by atoms with van der Waals surface area (Å²) in [5.74, 6) is 2.23. The van der Waals surface area contributed by atoms with Gasteiger partial charge in [-0.25, -0.2) is 0 Å². The Morgan fingerprint density at radius 3 is 2.47 bits per heavy atom. The average molecular weight is 427 g/mol. The first-order valence-electron chi connectivity index (χ1n) is 10.6. The van der Waals surface area contributed by atoms with Crippen molar-refractivity contribution in [1.29, 1.82) is 0 Å². The fourth-order valence-electron chi connectivity index (χ4n) is 4.12. The van der Waals surface area contributed by atoms with Crippen LogP contribution >= 0.6 is 11.8 Å². The molecule has 1 saturated carbocycles. The van der Waals surface area contributed by atoms with Gasteiger partial charge in [-0.3, -0.25) is 4.79 Å². The Labute approximate surface area is 183 Å². The molecular formula is C24H30N2O3S. The lowest BCUT2D eigenvalue weighted by molar-refractivity contribution is -0.128. The number of amides is 1. The molecule has 1 aliphatic heterocycles. The number of carbonyl (C=O) groups is 1. The van der Waals surface area contributed by atoms with Crippen molar-refractivity contribution >= 4 is 23.4 Å². The van der Waals surface area contributed by atoms with E-state index < -0.39 is 0 Å². The molecule has 0 radical (unpaired) electrons. The zero-order chi connectivity index (χ0) is 21.1. The summed E-state index contributed by atoms with van der Waals surface area (Å²) in [6.45, 7) is 0.606. The summed E-state index contributed by atoms with van der Waals surface area (Å²) in [5, 5.41) is -0.0112. The van der Waals surface area contributed by atoms with Gasteiger partial charge in [-0.1, -0.05) is 18.2 Å². The topological polar surface area (TPSA) is 42.0 Å². The molecule has 1 aliphatic carbocycles. The SMILES string of the molecule is COc1ccc(C2SCC(=O)N2Cc2ccc(N(C)C)cc2)cc1OC1CCCC1.